The molecule has 0 unspecified atom stereocenters. The summed E-state index contributed by atoms with van der Waals surface area (Å²) >= 11 is 0. The third-order valence-electron chi connectivity index (χ3n) is 1.42. The standard InChI is InChI=1S/C8H17NO2/c1-3-8(10)9-6-4-5-7-11-2/h3-7H2,1-2H3,(H,9,10). The predicted molar refractivity (Wildman–Crippen MR) is 44.4 cm³/mol. The number of rotatable bonds is 6. The minimum absolute atomic E-state index is 0.127. The van der Waals surface area contributed by atoms with Crippen molar-refractivity contribution < 1.29 is 9.53 Å². The molecule has 66 valence electrons. The fourth-order valence-electron chi connectivity index (χ4n) is 0.724. The molecule has 0 aromatic heterocycles. The average Bonchev–Trinajstić information content (AvgIpc) is 2.04. The van der Waals surface area contributed by atoms with Crippen LogP contribution in [-0.2, 0) is 9.53 Å². The van der Waals surface area contributed by atoms with E-state index in [1.807, 2.05) is 6.92 Å². The first kappa shape index (κ1) is 10.4. The molecule has 0 saturated heterocycles. The molecule has 1 N–H and O–H groups in total. The fourth-order valence-corrected chi connectivity index (χ4v) is 0.724. The summed E-state index contributed by atoms with van der Waals surface area (Å²) < 4.78 is 4.86. The van der Waals surface area contributed by atoms with Gasteiger partial charge in [0.25, 0.3) is 0 Å². The van der Waals surface area contributed by atoms with E-state index in [1.165, 1.54) is 0 Å². The molecular weight excluding hydrogens is 142 g/mol. The lowest BCUT2D eigenvalue weighted by molar-refractivity contribution is -0.120. The summed E-state index contributed by atoms with van der Waals surface area (Å²) in [6.45, 7) is 3.41. The van der Waals surface area contributed by atoms with Gasteiger partial charge in [-0.05, 0) is 12.8 Å². The molecule has 11 heavy (non-hydrogen) atoms. The Morgan fingerprint density at radius 1 is 1.45 bits per heavy atom. The minimum Gasteiger partial charge on any atom is -0.385 e. The first-order valence-electron chi connectivity index (χ1n) is 4.07. The van der Waals surface area contributed by atoms with Gasteiger partial charge in [-0.2, -0.15) is 0 Å². The van der Waals surface area contributed by atoms with E-state index in [4.69, 9.17) is 4.74 Å². The van der Waals surface area contributed by atoms with Gasteiger partial charge in [0.1, 0.15) is 0 Å². The number of amides is 1. The second kappa shape index (κ2) is 7.54. The van der Waals surface area contributed by atoms with Crippen LogP contribution in [0.2, 0.25) is 0 Å². The van der Waals surface area contributed by atoms with Crippen LogP contribution in [0.3, 0.4) is 0 Å². The first-order chi connectivity index (χ1) is 5.31. The topological polar surface area (TPSA) is 38.3 Å². The van der Waals surface area contributed by atoms with Crippen LogP contribution in [0, 0.1) is 0 Å². The highest BCUT2D eigenvalue weighted by Crippen LogP contribution is 1.87. The molecule has 0 spiro atoms. The van der Waals surface area contributed by atoms with Crippen LogP contribution >= 0.6 is 0 Å². The van der Waals surface area contributed by atoms with Crippen molar-refractivity contribution in [3.05, 3.63) is 0 Å². The SMILES string of the molecule is CCC(=O)NCCCCOC. The molecule has 0 radical (unpaired) electrons. The maximum absolute atomic E-state index is 10.7. The third kappa shape index (κ3) is 7.33. The lowest BCUT2D eigenvalue weighted by atomic mass is 10.3. The largest absolute Gasteiger partial charge is 0.385 e. The molecule has 0 saturated carbocycles. The second-order valence-corrected chi connectivity index (χ2v) is 2.40. The summed E-state index contributed by atoms with van der Waals surface area (Å²) in [7, 11) is 1.69. The highest BCUT2D eigenvalue weighted by atomic mass is 16.5. The van der Waals surface area contributed by atoms with Gasteiger partial charge in [-0.15, -0.1) is 0 Å². The number of unbranched alkanes of at least 4 members (excludes halogenated alkanes) is 1. The quantitative estimate of drug-likeness (QED) is 0.586. The molecule has 0 bridgehead atoms. The average molecular weight is 159 g/mol. The third-order valence-corrected chi connectivity index (χ3v) is 1.42. The van der Waals surface area contributed by atoms with E-state index in [2.05, 4.69) is 5.32 Å². The number of ether oxygens (including phenoxy) is 1. The Hall–Kier alpha value is -0.570. The van der Waals surface area contributed by atoms with E-state index in [0.717, 1.165) is 26.0 Å². The molecule has 0 aliphatic rings. The van der Waals surface area contributed by atoms with Gasteiger partial charge in [0.05, 0.1) is 0 Å². The van der Waals surface area contributed by atoms with E-state index in [0.29, 0.717) is 6.42 Å². The van der Waals surface area contributed by atoms with Crippen LogP contribution in [0.25, 0.3) is 0 Å². The van der Waals surface area contributed by atoms with Crippen molar-refractivity contribution in [1.82, 2.24) is 5.32 Å². The highest BCUT2D eigenvalue weighted by Gasteiger charge is 1.93. The lowest BCUT2D eigenvalue weighted by Crippen LogP contribution is -2.23. The second-order valence-electron chi connectivity index (χ2n) is 2.40. The number of methoxy groups -OCH3 is 1. The Labute approximate surface area is 68.1 Å². The van der Waals surface area contributed by atoms with Crippen molar-refractivity contribution in [2.24, 2.45) is 0 Å². The molecule has 0 rings (SSSR count). The first-order valence-corrected chi connectivity index (χ1v) is 4.07. The molecule has 0 fully saturated rings. The van der Waals surface area contributed by atoms with Crippen molar-refractivity contribution in [3.8, 4) is 0 Å². The van der Waals surface area contributed by atoms with Crippen molar-refractivity contribution >= 4 is 5.91 Å². The molecule has 3 nitrogen and oxygen atoms in total. The van der Waals surface area contributed by atoms with Gasteiger partial charge in [0.2, 0.25) is 5.91 Å². The Bertz CT molecular complexity index is 104. The zero-order chi connectivity index (χ0) is 8.53. The van der Waals surface area contributed by atoms with Crippen LogP contribution in [0.1, 0.15) is 26.2 Å². The van der Waals surface area contributed by atoms with E-state index in [-0.39, 0.29) is 5.91 Å². The van der Waals surface area contributed by atoms with Crippen molar-refractivity contribution in [3.63, 3.8) is 0 Å². The number of hydrogen-bond acceptors (Lipinski definition) is 2. The van der Waals surface area contributed by atoms with E-state index in [1.54, 1.807) is 7.11 Å². The summed E-state index contributed by atoms with van der Waals surface area (Å²) in [5.74, 6) is 0.127. The van der Waals surface area contributed by atoms with Crippen molar-refractivity contribution in [1.29, 1.82) is 0 Å². The molecule has 0 atom stereocenters. The summed E-state index contributed by atoms with van der Waals surface area (Å²) in [6.07, 6.45) is 2.59. The summed E-state index contributed by atoms with van der Waals surface area (Å²) in [6, 6.07) is 0. The van der Waals surface area contributed by atoms with E-state index >= 15 is 0 Å². The molecule has 0 heterocycles. The molecule has 0 aromatic carbocycles. The Kier molecular flexibility index (Phi) is 7.15. The number of carbonyl (C=O) groups excluding carboxylic acids is 1. The zero-order valence-electron chi connectivity index (χ0n) is 7.35. The predicted octanol–water partition coefficient (Wildman–Crippen LogP) is 0.939. The molecule has 0 aliphatic carbocycles. The smallest absolute Gasteiger partial charge is 0.219 e. The molecular formula is C8H17NO2. The minimum atomic E-state index is 0.127. The van der Waals surface area contributed by atoms with Gasteiger partial charge in [-0.25, -0.2) is 0 Å². The molecule has 1 amide bonds. The zero-order valence-corrected chi connectivity index (χ0v) is 7.35. The lowest BCUT2D eigenvalue weighted by Gasteiger charge is -2.01. The normalized spacial score (nSPS) is 9.64. The van der Waals surface area contributed by atoms with Gasteiger partial charge < -0.3 is 10.1 Å². The maximum Gasteiger partial charge on any atom is 0.219 e. The molecule has 0 aromatic rings. The monoisotopic (exact) mass is 159 g/mol. The number of nitrogens with one attached hydrogen (secondary N) is 1. The highest BCUT2D eigenvalue weighted by molar-refractivity contribution is 5.75. The van der Waals surface area contributed by atoms with Gasteiger partial charge in [0, 0.05) is 26.7 Å². The van der Waals surface area contributed by atoms with Crippen LogP contribution in [0.4, 0.5) is 0 Å². The van der Waals surface area contributed by atoms with Gasteiger partial charge in [-0.3, -0.25) is 4.79 Å². The van der Waals surface area contributed by atoms with Gasteiger partial charge in [0.15, 0.2) is 0 Å². The van der Waals surface area contributed by atoms with E-state index < -0.39 is 0 Å². The number of hydrogen-bond donors (Lipinski definition) is 1. The Morgan fingerprint density at radius 3 is 2.73 bits per heavy atom. The summed E-state index contributed by atoms with van der Waals surface area (Å²) in [4.78, 5) is 10.7. The Balaban J connectivity index is 2.95. The number of carbonyl (C=O) groups is 1. The van der Waals surface area contributed by atoms with Gasteiger partial charge in [-0.1, -0.05) is 6.92 Å². The molecule has 0 aliphatic heterocycles. The maximum atomic E-state index is 10.7. The van der Waals surface area contributed by atoms with E-state index in [9.17, 15) is 4.79 Å². The van der Waals surface area contributed by atoms with Crippen molar-refractivity contribution in [2.45, 2.75) is 26.2 Å². The van der Waals surface area contributed by atoms with Crippen LogP contribution in [0.15, 0.2) is 0 Å². The summed E-state index contributed by atoms with van der Waals surface area (Å²) in [5.41, 5.74) is 0. The van der Waals surface area contributed by atoms with Crippen molar-refractivity contribution in [2.75, 3.05) is 20.3 Å². The Morgan fingerprint density at radius 2 is 2.18 bits per heavy atom. The van der Waals surface area contributed by atoms with Crippen LogP contribution < -0.4 is 5.32 Å². The van der Waals surface area contributed by atoms with Crippen LogP contribution in [0.5, 0.6) is 0 Å². The molecule has 3 heteroatoms. The fraction of sp³-hybridized carbons (Fsp3) is 0.875. The van der Waals surface area contributed by atoms with Crippen LogP contribution in [-0.4, -0.2) is 26.2 Å². The summed E-state index contributed by atoms with van der Waals surface area (Å²) in [5, 5.41) is 2.80. The van der Waals surface area contributed by atoms with Gasteiger partial charge >= 0.3 is 0 Å².